The van der Waals surface area contributed by atoms with Crippen LogP contribution in [0.4, 0.5) is 0 Å². The molecule has 2 unspecified atom stereocenters. The van der Waals surface area contributed by atoms with Gasteiger partial charge in [0.1, 0.15) is 0 Å². The highest BCUT2D eigenvalue weighted by atomic mass is 32.2. The second-order valence-electron chi connectivity index (χ2n) is 2.54. The molecule has 2 heterocycles. The first-order valence-electron chi connectivity index (χ1n) is 3.44. The van der Waals surface area contributed by atoms with Gasteiger partial charge >= 0.3 is 0 Å². The zero-order chi connectivity index (χ0) is 6.10. The fourth-order valence-electron chi connectivity index (χ4n) is 1.31. The molecule has 0 radical (unpaired) electrons. The molecule has 1 heteroatoms. The van der Waals surface area contributed by atoms with E-state index in [4.69, 9.17) is 0 Å². The molecular formula is C8H10S. The van der Waals surface area contributed by atoms with Crippen LogP contribution >= 0.6 is 11.8 Å². The minimum absolute atomic E-state index is 0.800. The summed E-state index contributed by atoms with van der Waals surface area (Å²) in [7, 11) is 0. The van der Waals surface area contributed by atoms with Crippen molar-refractivity contribution in [1.82, 2.24) is 0 Å². The van der Waals surface area contributed by atoms with Crippen LogP contribution in [0.1, 0.15) is 12.8 Å². The Bertz CT molecular complexity index is 140. The molecule has 2 aliphatic rings. The summed E-state index contributed by atoms with van der Waals surface area (Å²) in [4.78, 5) is 0. The van der Waals surface area contributed by atoms with Crippen LogP contribution in [0.5, 0.6) is 0 Å². The Morgan fingerprint density at radius 2 is 1.56 bits per heavy atom. The van der Waals surface area contributed by atoms with Gasteiger partial charge in [0.05, 0.1) is 0 Å². The fourth-order valence-corrected chi connectivity index (χ4v) is 2.61. The van der Waals surface area contributed by atoms with Gasteiger partial charge < -0.3 is 0 Å². The van der Waals surface area contributed by atoms with Gasteiger partial charge in [-0.2, -0.15) is 0 Å². The second kappa shape index (κ2) is 2.22. The fraction of sp³-hybridized carbons (Fsp3) is 0.500. The first-order chi connectivity index (χ1) is 4.45. The molecule has 0 aliphatic carbocycles. The minimum Gasteiger partial charge on any atom is -0.146 e. The van der Waals surface area contributed by atoms with Crippen molar-refractivity contribution in [1.29, 1.82) is 0 Å². The van der Waals surface area contributed by atoms with Gasteiger partial charge in [-0.05, 0) is 12.8 Å². The summed E-state index contributed by atoms with van der Waals surface area (Å²) in [5.74, 6) is 0. The molecule has 0 saturated carbocycles. The summed E-state index contributed by atoms with van der Waals surface area (Å²) in [6.45, 7) is 0. The molecule has 0 saturated heterocycles. The maximum Gasteiger partial charge on any atom is 0.0267 e. The van der Waals surface area contributed by atoms with E-state index in [1.165, 1.54) is 12.8 Å². The first-order valence-corrected chi connectivity index (χ1v) is 4.38. The number of hydrogen-bond acceptors (Lipinski definition) is 1. The van der Waals surface area contributed by atoms with Crippen molar-refractivity contribution in [3.63, 3.8) is 0 Å². The quantitative estimate of drug-likeness (QED) is 0.463. The van der Waals surface area contributed by atoms with E-state index < -0.39 is 0 Å². The largest absolute Gasteiger partial charge is 0.146 e. The zero-order valence-corrected chi connectivity index (χ0v) is 6.10. The minimum atomic E-state index is 0.800. The van der Waals surface area contributed by atoms with Crippen LogP contribution < -0.4 is 0 Å². The molecule has 0 amide bonds. The monoisotopic (exact) mass is 138 g/mol. The van der Waals surface area contributed by atoms with Crippen LogP contribution in [0.25, 0.3) is 0 Å². The Kier molecular flexibility index (Phi) is 1.38. The van der Waals surface area contributed by atoms with Gasteiger partial charge in [0.25, 0.3) is 0 Å². The third-order valence-electron chi connectivity index (χ3n) is 1.79. The van der Waals surface area contributed by atoms with Crippen molar-refractivity contribution in [2.75, 3.05) is 0 Å². The maximum absolute atomic E-state index is 2.34. The molecule has 0 aromatic carbocycles. The van der Waals surface area contributed by atoms with Crippen molar-refractivity contribution in [2.45, 2.75) is 23.3 Å². The normalized spacial score (nSPS) is 39.1. The molecule has 9 heavy (non-hydrogen) atoms. The Hall–Kier alpha value is -0.170. The summed E-state index contributed by atoms with van der Waals surface area (Å²) in [6, 6.07) is 0. The molecule has 0 spiro atoms. The van der Waals surface area contributed by atoms with Gasteiger partial charge in [0, 0.05) is 10.5 Å². The van der Waals surface area contributed by atoms with Gasteiger partial charge in [-0.25, -0.2) is 0 Å². The number of allylic oxidation sites excluding steroid dienone is 2. The Labute approximate surface area is 60.0 Å². The third kappa shape index (κ3) is 1.06. The number of fused-ring (bicyclic) bond motifs is 2. The van der Waals surface area contributed by atoms with Crippen LogP contribution in [0, 0.1) is 0 Å². The van der Waals surface area contributed by atoms with E-state index in [0.29, 0.717) is 0 Å². The Morgan fingerprint density at radius 3 is 2.00 bits per heavy atom. The number of thioether (sulfide) groups is 1. The molecule has 0 fully saturated rings. The van der Waals surface area contributed by atoms with Crippen molar-refractivity contribution in [3.8, 4) is 0 Å². The van der Waals surface area contributed by atoms with Crippen LogP contribution in [0.3, 0.4) is 0 Å². The van der Waals surface area contributed by atoms with Gasteiger partial charge in [-0.3, -0.25) is 0 Å². The van der Waals surface area contributed by atoms with E-state index in [-0.39, 0.29) is 0 Å². The molecule has 2 atom stereocenters. The van der Waals surface area contributed by atoms with Gasteiger partial charge in [0.2, 0.25) is 0 Å². The van der Waals surface area contributed by atoms with E-state index in [2.05, 4.69) is 36.1 Å². The van der Waals surface area contributed by atoms with E-state index in [1.807, 2.05) is 0 Å². The van der Waals surface area contributed by atoms with Gasteiger partial charge in [-0.1, -0.05) is 24.3 Å². The highest BCUT2D eigenvalue weighted by Gasteiger charge is 2.18. The average molecular weight is 138 g/mol. The number of hydrogen-bond donors (Lipinski definition) is 0. The van der Waals surface area contributed by atoms with Gasteiger partial charge in [-0.15, -0.1) is 11.8 Å². The van der Waals surface area contributed by atoms with Crippen molar-refractivity contribution in [3.05, 3.63) is 24.3 Å². The maximum atomic E-state index is 2.34. The SMILES string of the molecule is C1=CC2CC=CC(C1)S2. The summed E-state index contributed by atoms with van der Waals surface area (Å²) in [5, 5.41) is 1.60. The third-order valence-corrected chi connectivity index (χ3v) is 3.19. The van der Waals surface area contributed by atoms with Crippen molar-refractivity contribution >= 4 is 11.8 Å². The summed E-state index contributed by atoms with van der Waals surface area (Å²) in [6.07, 6.45) is 11.8. The summed E-state index contributed by atoms with van der Waals surface area (Å²) in [5.41, 5.74) is 0. The smallest absolute Gasteiger partial charge is 0.0267 e. The van der Waals surface area contributed by atoms with Crippen LogP contribution in [-0.4, -0.2) is 10.5 Å². The van der Waals surface area contributed by atoms with E-state index in [0.717, 1.165) is 10.5 Å². The van der Waals surface area contributed by atoms with Gasteiger partial charge in [0.15, 0.2) is 0 Å². The average Bonchev–Trinajstić information content (AvgIpc) is 1.88. The molecule has 48 valence electrons. The van der Waals surface area contributed by atoms with E-state index in [9.17, 15) is 0 Å². The zero-order valence-electron chi connectivity index (χ0n) is 5.29. The second-order valence-corrected chi connectivity index (χ2v) is 4.02. The Balaban J connectivity index is 2.20. The lowest BCUT2D eigenvalue weighted by molar-refractivity contribution is 0.934. The standard InChI is InChI=1S/C8H10S/c1-3-7-5-2-6-8(4-1)9-7/h1-3,6-8H,4-5H2. The lowest BCUT2D eigenvalue weighted by Gasteiger charge is -2.24. The molecular weight excluding hydrogens is 128 g/mol. The molecule has 0 aromatic rings. The molecule has 2 bridgehead atoms. The summed E-state index contributed by atoms with van der Waals surface area (Å²) >= 11 is 2.10. The molecule has 2 rings (SSSR count). The number of rotatable bonds is 0. The molecule has 0 nitrogen and oxygen atoms in total. The molecule has 2 aliphatic heterocycles. The lowest BCUT2D eigenvalue weighted by Crippen LogP contribution is -2.14. The predicted molar refractivity (Wildman–Crippen MR) is 42.7 cm³/mol. The van der Waals surface area contributed by atoms with Crippen molar-refractivity contribution in [2.24, 2.45) is 0 Å². The topological polar surface area (TPSA) is 0 Å². The summed E-state index contributed by atoms with van der Waals surface area (Å²) < 4.78 is 0. The van der Waals surface area contributed by atoms with Crippen molar-refractivity contribution < 1.29 is 0 Å². The molecule has 0 aromatic heterocycles. The first kappa shape index (κ1) is 5.60. The van der Waals surface area contributed by atoms with E-state index in [1.54, 1.807) is 0 Å². The molecule has 0 N–H and O–H groups in total. The van der Waals surface area contributed by atoms with E-state index >= 15 is 0 Å². The Morgan fingerprint density at radius 1 is 1.00 bits per heavy atom. The highest BCUT2D eigenvalue weighted by molar-refractivity contribution is 8.00. The highest BCUT2D eigenvalue weighted by Crippen LogP contribution is 2.33. The van der Waals surface area contributed by atoms with Crippen LogP contribution in [0.2, 0.25) is 0 Å². The predicted octanol–water partition coefficient (Wildman–Crippen LogP) is 2.38. The van der Waals surface area contributed by atoms with Crippen LogP contribution in [-0.2, 0) is 0 Å². The lowest BCUT2D eigenvalue weighted by atomic mass is 10.1. The van der Waals surface area contributed by atoms with Crippen LogP contribution in [0.15, 0.2) is 24.3 Å².